The molecule has 2 N–H and O–H groups in total. The van der Waals surface area contributed by atoms with Crippen molar-refractivity contribution in [1.82, 2.24) is 9.78 Å². The van der Waals surface area contributed by atoms with Crippen LogP contribution in [0.3, 0.4) is 0 Å². The molecule has 5 nitrogen and oxygen atoms in total. The normalized spacial score (nSPS) is 20.7. The summed E-state index contributed by atoms with van der Waals surface area (Å²) in [5.41, 5.74) is 8.11. The maximum Gasteiger partial charge on any atom is 0.150 e. The van der Waals surface area contributed by atoms with E-state index in [9.17, 15) is 0 Å². The zero-order chi connectivity index (χ0) is 13.3. The van der Waals surface area contributed by atoms with Crippen LogP contribution in [0, 0.1) is 0 Å². The van der Waals surface area contributed by atoms with Crippen molar-refractivity contribution in [1.29, 1.82) is 0 Å². The molecule has 0 bridgehead atoms. The maximum absolute atomic E-state index is 6.29. The van der Waals surface area contributed by atoms with Crippen molar-refractivity contribution in [2.75, 3.05) is 30.4 Å². The third kappa shape index (κ3) is 2.19. The Hall–Kier alpha value is -1.23. The predicted molar refractivity (Wildman–Crippen MR) is 74.0 cm³/mol. The molecule has 1 unspecified atom stereocenters. The summed E-state index contributed by atoms with van der Waals surface area (Å²) in [5.74, 6) is 1.40. The highest BCUT2D eigenvalue weighted by Gasteiger charge is 2.28. The van der Waals surface area contributed by atoms with Gasteiger partial charge in [0.2, 0.25) is 0 Å². The van der Waals surface area contributed by atoms with Crippen molar-refractivity contribution < 1.29 is 4.74 Å². The highest BCUT2D eigenvalue weighted by molar-refractivity contribution is 5.67. The van der Waals surface area contributed by atoms with Crippen LogP contribution in [-0.2, 0) is 11.8 Å². The van der Waals surface area contributed by atoms with E-state index in [0.29, 0.717) is 12.0 Å². The molecule has 1 fully saturated rings. The van der Waals surface area contributed by atoms with E-state index < -0.39 is 0 Å². The summed E-state index contributed by atoms with van der Waals surface area (Å²) >= 11 is 0. The topological polar surface area (TPSA) is 56.3 Å². The summed E-state index contributed by atoms with van der Waals surface area (Å²) in [4.78, 5) is 2.34. The van der Waals surface area contributed by atoms with Crippen LogP contribution in [-0.4, -0.2) is 35.6 Å². The molecule has 0 amide bonds. The Labute approximate surface area is 109 Å². The fraction of sp³-hybridized carbons (Fsp3) is 0.769. The van der Waals surface area contributed by atoms with Gasteiger partial charge in [-0.15, -0.1) is 0 Å². The van der Waals surface area contributed by atoms with Crippen molar-refractivity contribution in [2.24, 2.45) is 7.05 Å². The van der Waals surface area contributed by atoms with E-state index in [0.717, 1.165) is 43.4 Å². The summed E-state index contributed by atoms with van der Waals surface area (Å²) in [6, 6.07) is 0.400. The van der Waals surface area contributed by atoms with Gasteiger partial charge >= 0.3 is 0 Å². The number of hydrogen-bond donors (Lipinski definition) is 1. The smallest absolute Gasteiger partial charge is 0.150 e. The number of anilines is 2. The van der Waals surface area contributed by atoms with Gasteiger partial charge < -0.3 is 15.4 Å². The Balaban J connectivity index is 2.37. The zero-order valence-corrected chi connectivity index (χ0v) is 11.8. The number of ether oxygens (including phenoxy) is 1. The minimum Gasteiger partial charge on any atom is -0.394 e. The second-order valence-corrected chi connectivity index (χ2v) is 5.23. The molecular weight excluding hydrogens is 228 g/mol. The number of nitrogen functional groups attached to an aromatic ring is 1. The summed E-state index contributed by atoms with van der Waals surface area (Å²) in [6.45, 7) is 8.86. The van der Waals surface area contributed by atoms with Crippen molar-refractivity contribution >= 4 is 11.5 Å². The number of rotatable bonds is 3. The van der Waals surface area contributed by atoms with Crippen LogP contribution in [0.5, 0.6) is 0 Å². The standard InChI is InChI=1S/C13H24N4O/c1-5-10-8-18-7-6-17(10)13-11(14)12(9(2)3)15-16(13)4/h9-10H,5-8,14H2,1-4H3. The first-order valence-electron chi connectivity index (χ1n) is 6.73. The Kier molecular flexibility index (Phi) is 3.80. The average Bonchev–Trinajstić information content (AvgIpc) is 2.65. The van der Waals surface area contributed by atoms with E-state index in [-0.39, 0.29) is 0 Å². The Morgan fingerprint density at radius 2 is 2.22 bits per heavy atom. The Morgan fingerprint density at radius 3 is 2.78 bits per heavy atom. The highest BCUT2D eigenvalue weighted by atomic mass is 16.5. The molecule has 1 aliphatic rings. The lowest BCUT2D eigenvalue weighted by atomic mass is 10.1. The summed E-state index contributed by atoms with van der Waals surface area (Å²) in [5, 5.41) is 4.56. The van der Waals surface area contributed by atoms with E-state index >= 15 is 0 Å². The van der Waals surface area contributed by atoms with Crippen LogP contribution in [0.25, 0.3) is 0 Å². The van der Waals surface area contributed by atoms with Crippen LogP contribution in [0.1, 0.15) is 38.8 Å². The van der Waals surface area contributed by atoms with Crippen LogP contribution in [0.2, 0.25) is 0 Å². The molecule has 2 rings (SSSR count). The van der Waals surface area contributed by atoms with Gasteiger partial charge in [0.05, 0.1) is 30.6 Å². The summed E-state index contributed by atoms with van der Waals surface area (Å²) in [6.07, 6.45) is 1.06. The Morgan fingerprint density at radius 1 is 1.50 bits per heavy atom. The second-order valence-electron chi connectivity index (χ2n) is 5.23. The first-order chi connectivity index (χ1) is 8.56. The average molecular weight is 252 g/mol. The van der Waals surface area contributed by atoms with Crippen molar-refractivity contribution in [3.05, 3.63) is 5.69 Å². The number of hydrogen-bond acceptors (Lipinski definition) is 4. The number of aryl methyl sites for hydroxylation is 1. The SMILES string of the molecule is CCC1COCCN1c1c(N)c(C(C)C)nn1C. The van der Waals surface area contributed by atoms with Gasteiger partial charge in [0, 0.05) is 13.6 Å². The van der Waals surface area contributed by atoms with Gasteiger partial charge in [-0.25, -0.2) is 0 Å². The van der Waals surface area contributed by atoms with E-state index in [2.05, 4.69) is 30.8 Å². The van der Waals surface area contributed by atoms with Gasteiger partial charge in [0.1, 0.15) is 0 Å². The molecule has 18 heavy (non-hydrogen) atoms. The molecule has 1 aliphatic heterocycles. The lowest BCUT2D eigenvalue weighted by Crippen LogP contribution is -2.46. The van der Waals surface area contributed by atoms with Gasteiger partial charge in [-0.2, -0.15) is 5.10 Å². The molecule has 0 spiro atoms. The van der Waals surface area contributed by atoms with E-state index in [1.165, 1.54) is 0 Å². The van der Waals surface area contributed by atoms with Crippen LogP contribution >= 0.6 is 0 Å². The molecule has 1 aromatic heterocycles. The number of aromatic nitrogens is 2. The fourth-order valence-corrected chi connectivity index (χ4v) is 2.59. The van der Waals surface area contributed by atoms with Crippen molar-refractivity contribution in [3.63, 3.8) is 0 Å². The quantitative estimate of drug-likeness (QED) is 0.890. The second kappa shape index (κ2) is 5.18. The summed E-state index contributed by atoms with van der Waals surface area (Å²) < 4.78 is 7.46. The molecule has 1 aromatic rings. The lowest BCUT2D eigenvalue weighted by molar-refractivity contribution is 0.0922. The highest BCUT2D eigenvalue weighted by Crippen LogP contribution is 2.32. The minimum absolute atomic E-state index is 0.353. The van der Waals surface area contributed by atoms with E-state index in [1.807, 2.05) is 11.7 Å². The third-order valence-corrected chi connectivity index (χ3v) is 3.60. The van der Waals surface area contributed by atoms with Gasteiger partial charge in [-0.3, -0.25) is 4.68 Å². The molecule has 2 heterocycles. The molecule has 1 atom stereocenters. The number of morpholine rings is 1. The molecule has 0 aromatic carbocycles. The fourth-order valence-electron chi connectivity index (χ4n) is 2.59. The first kappa shape index (κ1) is 13.2. The van der Waals surface area contributed by atoms with Crippen LogP contribution < -0.4 is 10.6 Å². The van der Waals surface area contributed by atoms with Gasteiger partial charge in [-0.05, 0) is 12.3 Å². The minimum atomic E-state index is 0.353. The number of nitrogens with zero attached hydrogens (tertiary/aromatic N) is 3. The lowest BCUT2D eigenvalue weighted by Gasteiger charge is -2.36. The molecular formula is C13H24N4O. The van der Waals surface area contributed by atoms with E-state index in [4.69, 9.17) is 10.5 Å². The molecule has 0 radical (unpaired) electrons. The van der Waals surface area contributed by atoms with Crippen molar-refractivity contribution in [3.8, 4) is 0 Å². The zero-order valence-electron chi connectivity index (χ0n) is 11.8. The Bertz CT molecular complexity index is 413. The first-order valence-corrected chi connectivity index (χ1v) is 6.73. The van der Waals surface area contributed by atoms with Crippen molar-refractivity contribution in [2.45, 2.75) is 39.2 Å². The molecule has 102 valence electrons. The monoisotopic (exact) mass is 252 g/mol. The van der Waals surface area contributed by atoms with Crippen LogP contribution in [0.4, 0.5) is 11.5 Å². The molecule has 5 heteroatoms. The van der Waals surface area contributed by atoms with Crippen LogP contribution in [0.15, 0.2) is 0 Å². The van der Waals surface area contributed by atoms with Gasteiger partial charge in [0.25, 0.3) is 0 Å². The van der Waals surface area contributed by atoms with Gasteiger partial charge in [-0.1, -0.05) is 20.8 Å². The largest absolute Gasteiger partial charge is 0.394 e. The number of nitrogens with two attached hydrogens (primary N) is 1. The predicted octanol–water partition coefficient (Wildman–Crippen LogP) is 1.74. The van der Waals surface area contributed by atoms with E-state index in [1.54, 1.807) is 0 Å². The van der Waals surface area contributed by atoms with Gasteiger partial charge in [0.15, 0.2) is 5.82 Å². The summed E-state index contributed by atoms with van der Waals surface area (Å²) in [7, 11) is 1.97. The molecule has 1 saturated heterocycles. The maximum atomic E-state index is 6.29. The molecule has 0 aliphatic carbocycles. The third-order valence-electron chi connectivity index (χ3n) is 3.60. The molecule has 0 saturated carbocycles.